The van der Waals surface area contributed by atoms with Crippen molar-refractivity contribution in [1.82, 2.24) is 9.88 Å². The van der Waals surface area contributed by atoms with Gasteiger partial charge in [0, 0.05) is 37.3 Å². The lowest BCUT2D eigenvalue weighted by molar-refractivity contribution is 0.00578. The molecule has 0 bridgehead atoms. The molecule has 0 N–H and O–H groups in total. The Morgan fingerprint density at radius 2 is 1.80 bits per heavy atom. The second-order valence-electron chi connectivity index (χ2n) is 10.5. The van der Waals surface area contributed by atoms with E-state index in [0.29, 0.717) is 19.6 Å². The van der Waals surface area contributed by atoms with Crippen LogP contribution in [-0.4, -0.2) is 65.6 Å². The molecule has 30 heavy (non-hydrogen) atoms. The third-order valence-electron chi connectivity index (χ3n) is 6.22. The van der Waals surface area contributed by atoms with Crippen LogP contribution in [0.3, 0.4) is 0 Å². The van der Waals surface area contributed by atoms with Gasteiger partial charge in [-0.2, -0.15) is 0 Å². The molecule has 0 unspecified atom stereocenters. The number of hydrogen-bond donors (Lipinski definition) is 0. The molecule has 3 heterocycles. The molecule has 0 saturated carbocycles. The van der Waals surface area contributed by atoms with Crippen LogP contribution in [0.1, 0.15) is 61.0 Å². The molecule has 0 aliphatic carbocycles. The molecule has 2 aliphatic rings. The number of aryl methyl sites for hydroxylation is 1. The minimum absolute atomic E-state index is 0.140. The number of piperazine rings is 1. The maximum absolute atomic E-state index is 12.4. The number of carbonyl (C=O) groups excluding carboxylic acids is 1. The van der Waals surface area contributed by atoms with Crippen LogP contribution in [0.25, 0.3) is 0 Å². The number of aromatic nitrogens is 1. The molecular formula is C22H36BN3O4. The van der Waals surface area contributed by atoms with Gasteiger partial charge in [-0.15, -0.1) is 0 Å². The van der Waals surface area contributed by atoms with Crippen molar-refractivity contribution in [3.8, 4) is 0 Å². The van der Waals surface area contributed by atoms with Crippen molar-refractivity contribution in [1.29, 1.82) is 0 Å². The number of ether oxygens (including phenoxy) is 1. The molecule has 166 valence electrons. The summed E-state index contributed by atoms with van der Waals surface area (Å²) in [6, 6.07) is 2.22. The smallest absolute Gasteiger partial charge is 0.444 e. The molecule has 2 aliphatic heterocycles. The van der Waals surface area contributed by atoms with Crippen LogP contribution >= 0.6 is 0 Å². The van der Waals surface area contributed by atoms with Gasteiger partial charge in [-0.3, -0.25) is 0 Å². The number of carbonyl (C=O) groups is 1. The van der Waals surface area contributed by atoms with E-state index in [1.54, 1.807) is 4.90 Å². The monoisotopic (exact) mass is 417 g/mol. The average molecular weight is 417 g/mol. The molecule has 0 radical (unpaired) electrons. The minimum atomic E-state index is -0.487. The molecule has 0 spiro atoms. The van der Waals surface area contributed by atoms with Gasteiger partial charge in [-0.1, -0.05) is 0 Å². The second kappa shape index (κ2) is 7.72. The van der Waals surface area contributed by atoms with Crippen LogP contribution < -0.4 is 10.4 Å². The Morgan fingerprint density at radius 3 is 2.30 bits per heavy atom. The standard InChI is InChI=1S/C22H36BN3O4/c1-15-12-18(24-13-17(15)23-29-21(6,7)22(8,9)30-23)26-11-10-25(14-16(26)2)19(27)28-20(3,4)5/h12-13,16H,10-11,14H2,1-9H3/t16-/m0/s1. The van der Waals surface area contributed by atoms with Crippen LogP contribution in [-0.2, 0) is 14.0 Å². The van der Waals surface area contributed by atoms with Crippen molar-refractivity contribution in [2.75, 3.05) is 24.5 Å². The zero-order chi connectivity index (χ0) is 22.5. The van der Waals surface area contributed by atoms with Crippen molar-refractivity contribution < 1.29 is 18.8 Å². The Morgan fingerprint density at radius 1 is 1.20 bits per heavy atom. The first-order chi connectivity index (χ1) is 13.7. The quantitative estimate of drug-likeness (QED) is 0.689. The van der Waals surface area contributed by atoms with E-state index in [1.165, 1.54) is 0 Å². The lowest BCUT2D eigenvalue weighted by atomic mass is 9.77. The Bertz CT molecular complexity index is 790. The number of hydrogen-bond acceptors (Lipinski definition) is 6. The summed E-state index contributed by atoms with van der Waals surface area (Å²) >= 11 is 0. The highest BCUT2D eigenvalue weighted by atomic mass is 16.7. The van der Waals surface area contributed by atoms with Gasteiger partial charge in [0.1, 0.15) is 11.4 Å². The molecule has 1 amide bonds. The van der Waals surface area contributed by atoms with E-state index in [1.807, 2.05) is 27.0 Å². The SMILES string of the molecule is Cc1cc(N2CCN(C(=O)OC(C)(C)C)C[C@@H]2C)ncc1B1OC(C)(C)C(C)(C)O1. The molecule has 7 nitrogen and oxygen atoms in total. The maximum atomic E-state index is 12.4. The fourth-order valence-corrected chi connectivity index (χ4v) is 3.72. The fourth-order valence-electron chi connectivity index (χ4n) is 3.72. The first-order valence-corrected chi connectivity index (χ1v) is 10.8. The van der Waals surface area contributed by atoms with Gasteiger partial charge in [-0.25, -0.2) is 9.78 Å². The summed E-state index contributed by atoms with van der Waals surface area (Å²) in [5.74, 6) is 0.907. The summed E-state index contributed by atoms with van der Waals surface area (Å²) in [4.78, 5) is 21.1. The number of anilines is 1. The van der Waals surface area contributed by atoms with Crippen molar-refractivity contribution in [2.24, 2.45) is 0 Å². The summed E-state index contributed by atoms with van der Waals surface area (Å²) in [7, 11) is -0.419. The van der Waals surface area contributed by atoms with Gasteiger partial charge in [0.15, 0.2) is 0 Å². The minimum Gasteiger partial charge on any atom is -0.444 e. The Hall–Kier alpha value is -1.80. The molecule has 2 saturated heterocycles. The molecule has 2 fully saturated rings. The van der Waals surface area contributed by atoms with Crippen LogP contribution in [0, 0.1) is 6.92 Å². The number of pyridine rings is 1. The summed E-state index contributed by atoms with van der Waals surface area (Å²) in [5, 5.41) is 0. The first kappa shape index (κ1) is 22.9. The maximum Gasteiger partial charge on any atom is 0.496 e. The topological polar surface area (TPSA) is 64.1 Å². The third-order valence-corrected chi connectivity index (χ3v) is 6.22. The van der Waals surface area contributed by atoms with E-state index in [9.17, 15) is 4.79 Å². The van der Waals surface area contributed by atoms with Gasteiger partial charge in [0.2, 0.25) is 0 Å². The van der Waals surface area contributed by atoms with Crippen LogP contribution in [0.4, 0.5) is 10.6 Å². The highest BCUT2D eigenvalue weighted by molar-refractivity contribution is 6.62. The Balaban J connectivity index is 1.70. The van der Waals surface area contributed by atoms with Crippen LogP contribution in [0.5, 0.6) is 0 Å². The lowest BCUT2D eigenvalue weighted by Crippen LogP contribution is -2.55. The van der Waals surface area contributed by atoms with Crippen LogP contribution in [0.15, 0.2) is 12.3 Å². The molecule has 1 atom stereocenters. The van der Waals surface area contributed by atoms with E-state index in [2.05, 4.69) is 52.5 Å². The van der Waals surface area contributed by atoms with Crippen molar-refractivity contribution in [2.45, 2.75) is 85.2 Å². The van der Waals surface area contributed by atoms with Crippen LogP contribution in [0.2, 0.25) is 0 Å². The molecule has 1 aromatic heterocycles. The summed E-state index contributed by atoms with van der Waals surface area (Å²) in [5.41, 5.74) is 0.794. The Kier molecular flexibility index (Phi) is 5.88. The largest absolute Gasteiger partial charge is 0.496 e. The third kappa shape index (κ3) is 4.59. The predicted molar refractivity (Wildman–Crippen MR) is 119 cm³/mol. The van der Waals surface area contributed by atoms with E-state index in [-0.39, 0.29) is 23.3 Å². The highest BCUT2D eigenvalue weighted by Gasteiger charge is 2.52. The van der Waals surface area contributed by atoms with E-state index in [0.717, 1.165) is 16.8 Å². The van der Waals surface area contributed by atoms with E-state index in [4.69, 9.17) is 19.0 Å². The van der Waals surface area contributed by atoms with E-state index < -0.39 is 12.7 Å². The molecule has 1 aromatic rings. The van der Waals surface area contributed by atoms with Gasteiger partial charge < -0.3 is 23.8 Å². The predicted octanol–water partition coefficient (Wildman–Crippen LogP) is 3.13. The molecular weight excluding hydrogens is 381 g/mol. The number of nitrogens with zero attached hydrogens (tertiary/aromatic N) is 3. The lowest BCUT2D eigenvalue weighted by Gasteiger charge is -2.41. The fraction of sp³-hybridized carbons (Fsp3) is 0.727. The van der Waals surface area contributed by atoms with Crippen molar-refractivity contribution >= 4 is 24.5 Å². The highest BCUT2D eigenvalue weighted by Crippen LogP contribution is 2.36. The normalized spacial score (nSPS) is 23.6. The summed E-state index contributed by atoms with van der Waals surface area (Å²) < 4.78 is 17.9. The molecule has 3 rings (SSSR count). The molecule has 8 heteroatoms. The second-order valence-corrected chi connectivity index (χ2v) is 10.5. The van der Waals surface area contributed by atoms with Gasteiger partial charge >= 0.3 is 13.2 Å². The first-order valence-electron chi connectivity index (χ1n) is 10.8. The van der Waals surface area contributed by atoms with Crippen molar-refractivity contribution in [3.05, 3.63) is 17.8 Å². The number of amides is 1. The van der Waals surface area contributed by atoms with Crippen molar-refractivity contribution in [3.63, 3.8) is 0 Å². The van der Waals surface area contributed by atoms with Gasteiger partial charge in [0.25, 0.3) is 0 Å². The molecule has 0 aromatic carbocycles. The Labute approximate surface area is 181 Å². The summed E-state index contributed by atoms with van der Waals surface area (Å²) in [6.45, 7) is 20.0. The number of rotatable bonds is 2. The average Bonchev–Trinajstić information content (AvgIpc) is 2.80. The summed E-state index contributed by atoms with van der Waals surface area (Å²) in [6.07, 6.45) is 1.61. The zero-order valence-electron chi connectivity index (χ0n) is 19.9. The zero-order valence-corrected chi connectivity index (χ0v) is 19.9. The van der Waals surface area contributed by atoms with Gasteiger partial charge in [-0.05, 0) is 73.9 Å². The van der Waals surface area contributed by atoms with Gasteiger partial charge in [0.05, 0.1) is 11.2 Å². The van der Waals surface area contributed by atoms with E-state index >= 15 is 0 Å².